The summed E-state index contributed by atoms with van der Waals surface area (Å²) in [5, 5.41) is 8.66. The van der Waals surface area contributed by atoms with Gasteiger partial charge >= 0.3 is 5.97 Å². The van der Waals surface area contributed by atoms with Crippen LogP contribution >= 0.6 is 0 Å². The molecular formula is C12H12N2O2. The number of ether oxygens (including phenoxy) is 1. The highest BCUT2D eigenvalue weighted by molar-refractivity contribution is 5.72. The molecule has 0 saturated carbocycles. The van der Waals surface area contributed by atoms with Gasteiger partial charge in [0.25, 0.3) is 0 Å². The summed E-state index contributed by atoms with van der Waals surface area (Å²) in [6, 6.07) is 3.70. The highest BCUT2D eigenvalue weighted by atomic mass is 16.5. The molecule has 16 heavy (non-hydrogen) atoms. The monoisotopic (exact) mass is 216 g/mol. The van der Waals surface area contributed by atoms with Gasteiger partial charge in [0.05, 0.1) is 18.6 Å². The van der Waals surface area contributed by atoms with Gasteiger partial charge in [-0.05, 0) is 18.6 Å². The molecule has 1 rings (SSSR count). The standard InChI is InChI=1S/C12H12N2O2/c1-2-16-12(15)5-3-4-10-6-11(7-13)9-14-8-10/h3-4,6,8-9H,2,5H2,1H3. The van der Waals surface area contributed by atoms with E-state index in [1.807, 2.05) is 6.07 Å². The number of carbonyl (C=O) groups excluding carboxylic acids is 1. The van der Waals surface area contributed by atoms with Crippen LogP contribution in [-0.2, 0) is 9.53 Å². The fraction of sp³-hybridized carbons (Fsp3) is 0.250. The van der Waals surface area contributed by atoms with Gasteiger partial charge in [0, 0.05) is 12.4 Å². The van der Waals surface area contributed by atoms with Gasteiger partial charge in [-0.2, -0.15) is 5.26 Å². The predicted molar refractivity (Wildman–Crippen MR) is 59.2 cm³/mol. The molecule has 0 bridgehead atoms. The number of rotatable bonds is 4. The van der Waals surface area contributed by atoms with E-state index >= 15 is 0 Å². The molecule has 1 aromatic heterocycles. The number of hydrogen-bond acceptors (Lipinski definition) is 4. The Hall–Kier alpha value is -2.15. The van der Waals surface area contributed by atoms with Gasteiger partial charge in [-0.3, -0.25) is 9.78 Å². The van der Waals surface area contributed by atoms with Crippen LogP contribution in [0.2, 0.25) is 0 Å². The second-order valence-electron chi connectivity index (χ2n) is 3.03. The van der Waals surface area contributed by atoms with E-state index in [-0.39, 0.29) is 12.4 Å². The van der Waals surface area contributed by atoms with Gasteiger partial charge in [0.2, 0.25) is 0 Å². The number of nitriles is 1. The van der Waals surface area contributed by atoms with E-state index in [0.717, 1.165) is 5.56 Å². The zero-order valence-corrected chi connectivity index (χ0v) is 9.01. The number of hydrogen-bond donors (Lipinski definition) is 0. The molecule has 0 radical (unpaired) electrons. The minimum Gasteiger partial charge on any atom is -0.466 e. The molecule has 0 unspecified atom stereocenters. The van der Waals surface area contributed by atoms with Crippen molar-refractivity contribution in [3.8, 4) is 6.07 Å². The van der Waals surface area contributed by atoms with Crippen LogP contribution in [-0.4, -0.2) is 17.6 Å². The third kappa shape index (κ3) is 3.93. The number of carbonyl (C=O) groups is 1. The maximum atomic E-state index is 11.0. The largest absolute Gasteiger partial charge is 0.466 e. The van der Waals surface area contributed by atoms with E-state index in [2.05, 4.69) is 4.98 Å². The first-order valence-corrected chi connectivity index (χ1v) is 4.93. The van der Waals surface area contributed by atoms with Crippen LogP contribution in [0.4, 0.5) is 0 Å². The quantitative estimate of drug-likeness (QED) is 0.721. The van der Waals surface area contributed by atoms with Crippen molar-refractivity contribution in [1.82, 2.24) is 4.98 Å². The topological polar surface area (TPSA) is 63.0 Å². The van der Waals surface area contributed by atoms with Gasteiger partial charge in [-0.25, -0.2) is 0 Å². The summed E-state index contributed by atoms with van der Waals surface area (Å²) in [5.74, 6) is -0.261. The Kier molecular flexibility index (Phi) is 4.74. The lowest BCUT2D eigenvalue weighted by Gasteiger charge is -1.97. The van der Waals surface area contributed by atoms with E-state index in [0.29, 0.717) is 12.2 Å². The Labute approximate surface area is 94.2 Å². The SMILES string of the molecule is CCOC(=O)CC=Cc1cncc(C#N)c1. The van der Waals surface area contributed by atoms with Crippen molar-refractivity contribution in [3.63, 3.8) is 0 Å². The van der Waals surface area contributed by atoms with E-state index in [1.54, 1.807) is 31.3 Å². The van der Waals surface area contributed by atoms with Gasteiger partial charge < -0.3 is 4.74 Å². The van der Waals surface area contributed by atoms with Crippen molar-refractivity contribution in [1.29, 1.82) is 5.26 Å². The summed E-state index contributed by atoms with van der Waals surface area (Å²) >= 11 is 0. The van der Waals surface area contributed by atoms with Crippen molar-refractivity contribution < 1.29 is 9.53 Å². The van der Waals surface area contributed by atoms with Crippen LogP contribution in [0.5, 0.6) is 0 Å². The minimum absolute atomic E-state index is 0.227. The molecule has 0 aromatic carbocycles. The molecule has 0 fully saturated rings. The molecule has 0 aliphatic carbocycles. The fourth-order valence-corrected chi connectivity index (χ4v) is 1.12. The molecule has 0 amide bonds. The minimum atomic E-state index is -0.261. The summed E-state index contributed by atoms with van der Waals surface area (Å²) < 4.78 is 4.77. The number of aromatic nitrogens is 1. The van der Waals surface area contributed by atoms with Gasteiger partial charge in [0.15, 0.2) is 0 Å². The van der Waals surface area contributed by atoms with Crippen LogP contribution in [0.25, 0.3) is 6.08 Å². The van der Waals surface area contributed by atoms with E-state index < -0.39 is 0 Å². The Balaban J connectivity index is 2.56. The van der Waals surface area contributed by atoms with E-state index in [9.17, 15) is 4.79 Å². The summed E-state index contributed by atoms with van der Waals surface area (Å²) in [7, 11) is 0. The smallest absolute Gasteiger partial charge is 0.309 e. The molecule has 0 aliphatic rings. The summed E-state index contributed by atoms with van der Waals surface area (Å²) in [6.45, 7) is 2.15. The lowest BCUT2D eigenvalue weighted by Crippen LogP contribution is -2.01. The first-order valence-electron chi connectivity index (χ1n) is 4.93. The number of pyridine rings is 1. The zero-order chi connectivity index (χ0) is 11.8. The predicted octanol–water partition coefficient (Wildman–Crippen LogP) is 1.92. The molecule has 4 nitrogen and oxygen atoms in total. The molecule has 0 spiro atoms. The fourth-order valence-electron chi connectivity index (χ4n) is 1.12. The van der Waals surface area contributed by atoms with E-state index in [4.69, 9.17) is 10.00 Å². The van der Waals surface area contributed by atoms with Crippen molar-refractivity contribution in [2.75, 3.05) is 6.61 Å². The second-order valence-corrected chi connectivity index (χ2v) is 3.03. The molecule has 0 N–H and O–H groups in total. The Bertz CT molecular complexity index is 433. The van der Waals surface area contributed by atoms with Crippen LogP contribution in [0.1, 0.15) is 24.5 Å². The first kappa shape index (κ1) is 11.9. The van der Waals surface area contributed by atoms with E-state index in [1.165, 1.54) is 6.20 Å². The van der Waals surface area contributed by atoms with Crippen LogP contribution in [0.15, 0.2) is 24.5 Å². The number of nitrogens with zero attached hydrogens (tertiary/aromatic N) is 2. The zero-order valence-electron chi connectivity index (χ0n) is 9.01. The molecule has 0 aliphatic heterocycles. The lowest BCUT2D eigenvalue weighted by molar-refractivity contribution is -0.142. The average Bonchev–Trinajstić information content (AvgIpc) is 2.30. The van der Waals surface area contributed by atoms with Gasteiger partial charge in [-0.15, -0.1) is 0 Å². The van der Waals surface area contributed by atoms with Gasteiger partial charge in [-0.1, -0.05) is 12.2 Å². The molecule has 0 atom stereocenters. The molecule has 1 heterocycles. The molecular weight excluding hydrogens is 204 g/mol. The Morgan fingerprint density at radius 1 is 1.62 bits per heavy atom. The maximum absolute atomic E-state index is 11.0. The number of esters is 1. The Morgan fingerprint density at radius 3 is 3.12 bits per heavy atom. The molecule has 1 aromatic rings. The highest BCUT2D eigenvalue weighted by Crippen LogP contribution is 2.04. The molecule has 82 valence electrons. The van der Waals surface area contributed by atoms with Crippen LogP contribution in [0, 0.1) is 11.3 Å². The third-order valence-corrected chi connectivity index (χ3v) is 1.79. The Morgan fingerprint density at radius 2 is 2.44 bits per heavy atom. The molecule has 4 heteroatoms. The lowest BCUT2D eigenvalue weighted by atomic mass is 10.2. The second kappa shape index (κ2) is 6.36. The summed E-state index contributed by atoms with van der Waals surface area (Å²) in [4.78, 5) is 14.9. The highest BCUT2D eigenvalue weighted by Gasteiger charge is 1.97. The molecule has 0 saturated heterocycles. The normalized spacial score (nSPS) is 10.0. The maximum Gasteiger partial charge on any atom is 0.309 e. The van der Waals surface area contributed by atoms with Crippen molar-refractivity contribution in [2.45, 2.75) is 13.3 Å². The summed E-state index contributed by atoms with van der Waals surface area (Å²) in [6.07, 6.45) is 6.77. The van der Waals surface area contributed by atoms with Crippen molar-refractivity contribution in [3.05, 3.63) is 35.7 Å². The third-order valence-electron chi connectivity index (χ3n) is 1.79. The first-order chi connectivity index (χ1) is 7.76. The summed E-state index contributed by atoms with van der Waals surface area (Å²) in [5.41, 5.74) is 1.29. The van der Waals surface area contributed by atoms with Crippen LogP contribution in [0.3, 0.4) is 0 Å². The van der Waals surface area contributed by atoms with Crippen molar-refractivity contribution >= 4 is 12.0 Å². The van der Waals surface area contributed by atoms with Crippen molar-refractivity contribution in [2.24, 2.45) is 0 Å². The van der Waals surface area contributed by atoms with Gasteiger partial charge in [0.1, 0.15) is 6.07 Å². The van der Waals surface area contributed by atoms with Crippen LogP contribution < -0.4 is 0 Å². The average molecular weight is 216 g/mol.